The van der Waals surface area contributed by atoms with E-state index in [0.29, 0.717) is 0 Å². The molecule has 0 aliphatic carbocycles. The SMILES string of the molecule is CCCCC(CC)COc1c(F)c(F)[c-]c(F)c1F.CCCCC(CC)COc1c(F)c(F)[c-]c(F)c1F.[Ti+4].c1cc[cH-]c1.c1cc[cH-]c1. The number of benzene rings is 2. The average Bonchev–Trinajstić information content (AvgIpc) is 3.86. The first-order valence-corrected chi connectivity index (χ1v) is 16.1. The topological polar surface area (TPSA) is 18.5 Å². The number of ether oxygens (including phenoxy) is 2. The van der Waals surface area contributed by atoms with Gasteiger partial charge in [0, 0.05) is 0 Å². The van der Waals surface area contributed by atoms with Crippen molar-refractivity contribution in [3.63, 3.8) is 0 Å². The maximum atomic E-state index is 13.3. The first-order valence-electron chi connectivity index (χ1n) is 16.1. The molecule has 0 saturated heterocycles. The van der Waals surface area contributed by atoms with Crippen molar-refractivity contribution in [1.82, 2.24) is 0 Å². The quantitative estimate of drug-likeness (QED) is 0.0556. The minimum absolute atomic E-state index is 0. The third kappa shape index (κ3) is 17.4. The van der Waals surface area contributed by atoms with Gasteiger partial charge in [0.25, 0.3) is 0 Å². The number of halogens is 8. The maximum absolute atomic E-state index is 13.3. The molecule has 4 rings (SSSR count). The van der Waals surface area contributed by atoms with E-state index >= 15 is 0 Å². The van der Waals surface area contributed by atoms with Gasteiger partial charge in [0.15, 0.2) is 0 Å². The Morgan fingerprint density at radius 2 is 0.816 bits per heavy atom. The third-order valence-electron chi connectivity index (χ3n) is 7.13. The Balaban J connectivity index is 0.000000717. The van der Waals surface area contributed by atoms with Crippen LogP contribution in [0.5, 0.6) is 11.5 Å². The van der Waals surface area contributed by atoms with E-state index in [1.165, 1.54) is 12.1 Å². The molecule has 0 aliphatic rings. The summed E-state index contributed by atoms with van der Waals surface area (Å²) in [7, 11) is 0. The summed E-state index contributed by atoms with van der Waals surface area (Å²) >= 11 is 0. The number of unbranched alkanes of at least 4 members (excludes halogenated alkanes) is 2. The van der Waals surface area contributed by atoms with Crippen molar-refractivity contribution < 1.29 is 66.3 Å². The summed E-state index contributed by atoms with van der Waals surface area (Å²) in [5.41, 5.74) is 0. The van der Waals surface area contributed by atoms with Crippen LogP contribution in [0.1, 0.15) is 79.1 Å². The molecule has 49 heavy (non-hydrogen) atoms. The van der Waals surface area contributed by atoms with Crippen molar-refractivity contribution in [2.24, 2.45) is 11.8 Å². The molecule has 4 aromatic carbocycles. The van der Waals surface area contributed by atoms with E-state index in [1.807, 2.05) is 88.4 Å². The number of rotatable bonds is 14. The van der Waals surface area contributed by atoms with Crippen LogP contribution >= 0.6 is 0 Å². The summed E-state index contributed by atoms with van der Waals surface area (Å²) in [6, 6.07) is 22.6. The van der Waals surface area contributed by atoms with E-state index in [4.69, 9.17) is 9.47 Å². The van der Waals surface area contributed by atoms with Crippen molar-refractivity contribution in [3.05, 3.63) is 119 Å². The Kier molecular flexibility index (Phi) is 25.0. The molecule has 4 aromatic rings. The van der Waals surface area contributed by atoms with Crippen molar-refractivity contribution in [3.8, 4) is 11.5 Å². The predicted octanol–water partition coefficient (Wildman–Crippen LogP) is 12.1. The molecular weight excluding hydrogens is 688 g/mol. The van der Waals surface area contributed by atoms with E-state index in [2.05, 4.69) is 0 Å². The second-order valence-corrected chi connectivity index (χ2v) is 10.8. The van der Waals surface area contributed by atoms with Crippen molar-refractivity contribution in [1.29, 1.82) is 0 Å². The Bertz CT molecular complexity index is 1190. The minimum Gasteiger partial charge on any atom is -0.513 e. The normalized spacial score (nSPS) is 11.3. The van der Waals surface area contributed by atoms with Crippen molar-refractivity contribution in [2.45, 2.75) is 79.1 Å². The van der Waals surface area contributed by atoms with E-state index in [1.54, 1.807) is 0 Å². The van der Waals surface area contributed by atoms with Gasteiger partial charge in [-0.2, -0.15) is 36.4 Å². The van der Waals surface area contributed by atoms with Crippen LogP contribution in [0.4, 0.5) is 35.1 Å². The van der Waals surface area contributed by atoms with E-state index in [9.17, 15) is 35.1 Å². The van der Waals surface area contributed by atoms with Gasteiger partial charge in [-0.3, -0.25) is 17.6 Å². The Morgan fingerprint density at radius 1 is 0.531 bits per heavy atom. The summed E-state index contributed by atoms with van der Waals surface area (Å²) in [6.45, 7) is 7.99. The van der Waals surface area contributed by atoms with E-state index < -0.39 is 58.0 Å². The van der Waals surface area contributed by atoms with Crippen LogP contribution < -0.4 is 9.47 Å². The van der Waals surface area contributed by atoms with Crippen LogP contribution in [0.25, 0.3) is 0 Å². The molecule has 2 atom stereocenters. The van der Waals surface area contributed by atoms with Gasteiger partial charge in [0.05, 0.1) is 71.3 Å². The molecule has 0 heterocycles. The Labute approximate surface area is 300 Å². The molecule has 0 amide bonds. The standard InChI is InChI=1S/2C14H17F4O.2C5H5.Ti/c2*1-3-5-6-9(4-2)8-19-14-12(17)10(15)7-11(16)13(14)18;2*1-2-4-5-3-1;/h2*9H,3-6,8H2,1-2H3;2*1-5H;/q4*-1;+4. The number of hydrogen-bond donors (Lipinski definition) is 0. The zero-order chi connectivity index (χ0) is 35.9. The molecule has 0 bridgehead atoms. The Hall–Kier alpha value is -3.11. The fourth-order valence-corrected chi connectivity index (χ4v) is 4.10. The first-order chi connectivity index (χ1) is 23.0. The Morgan fingerprint density at radius 3 is 1.02 bits per heavy atom. The molecule has 0 saturated carbocycles. The van der Waals surface area contributed by atoms with Crippen LogP contribution in [0.15, 0.2) is 60.7 Å². The van der Waals surface area contributed by atoms with Gasteiger partial charge in [0.2, 0.25) is 0 Å². The fraction of sp³-hybridized carbons (Fsp3) is 0.421. The van der Waals surface area contributed by atoms with Crippen LogP contribution in [0.2, 0.25) is 0 Å². The first kappa shape index (κ1) is 45.9. The van der Waals surface area contributed by atoms with Gasteiger partial charge in [-0.05, 0) is 24.7 Å². The molecule has 268 valence electrons. The van der Waals surface area contributed by atoms with Gasteiger partial charge in [-0.25, -0.2) is 41.8 Å². The van der Waals surface area contributed by atoms with Crippen LogP contribution in [0, 0.1) is 70.5 Å². The van der Waals surface area contributed by atoms with Gasteiger partial charge in [-0.1, -0.05) is 66.2 Å². The molecular formula is C38H44F8O2Ti. The molecule has 0 N–H and O–H groups in total. The van der Waals surface area contributed by atoms with E-state index in [0.717, 1.165) is 51.4 Å². The fourth-order valence-electron chi connectivity index (χ4n) is 4.10. The summed E-state index contributed by atoms with van der Waals surface area (Å²) in [6.07, 6.45) is 7.18. The predicted molar refractivity (Wildman–Crippen MR) is 172 cm³/mol. The molecule has 2 nitrogen and oxygen atoms in total. The largest absolute Gasteiger partial charge is 4.00 e. The van der Waals surface area contributed by atoms with Gasteiger partial charge < -0.3 is 9.47 Å². The molecule has 0 aliphatic heterocycles. The minimum atomic E-state index is -1.57. The molecule has 11 heteroatoms. The number of hydrogen-bond acceptors (Lipinski definition) is 2. The zero-order valence-corrected chi connectivity index (χ0v) is 29.9. The van der Waals surface area contributed by atoms with E-state index in [-0.39, 0.29) is 46.8 Å². The smallest absolute Gasteiger partial charge is 0.513 e. The summed E-state index contributed by atoms with van der Waals surface area (Å²) in [5.74, 6) is -14.2. The van der Waals surface area contributed by atoms with Gasteiger partial charge in [-0.15, -0.1) is 12.1 Å². The second kappa shape index (κ2) is 26.7. The van der Waals surface area contributed by atoms with Gasteiger partial charge in [0.1, 0.15) is 0 Å². The summed E-state index contributed by atoms with van der Waals surface area (Å²) < 4.78 is 115. The molecule has 0 spiro atoms. The maximum Gasteiger partial charge on any atom is 4.00 e. The molecule has 0 radical (unpaired) electrons. The average molecular weight is 733 g/mol. The second-order valence-electron chi connectivity index (χ2n) is 10.8. The van der Waals surface area contributed by atoms with Crippen molar-refractivity contribution >= 4 is 0 Å². The van der Waals surface area contributed by atoms with Gasteiger partial charge >= 0.3 is 21.7 Å². The molecule has 0 aromatic heterocycles. The summed E-state index contributed by atoms with van der Waals surface area (Å²) in [5, 5.41) is 0. The zero-order valence-electron chi connectivity index (χ0n) is 28.3. The molecule has 2 unspecified atom stereocenters. The molecule has 0 fully saturated rings. The van der Waals surface area contributed by atoms with Crippen LogP contribution in [0.3, 0.4) is 0 Å². The van der Waals surface area contributed by atoms with Crippen LogP contribution in [-0.2, 0) is 21.7 Å². The van der Waals surface area contributed by atoms with Crippen LogP contribution in [-0.4, -0.2) is 13.2 Å². The monoisotopic (exact) mass is 732 g/mol. The van der Waals surface area contributed by atoms with Crippen molar-refractivity contribution in [2.75, 3.05) is 13.2 Å². The summed E-state index contributed by atoms with van der Waals surface area (Å²) in [4.78, 5) is 0. The third-order valence-corrected chi connectivity index (χ3v) is 7.13.